The third-order valence-corrected chi connectivity index (χ3v) is 3.01. The SMILES string of the molecule is CN(O)CC(CCCl)(CCCl)CCCl. The van der Waals surface area contributed by atoms with Crippen LogP contribution in [0.1, 0.15) is 19.3 Å². The molecule has 0 saturated heterocycles. The number of hydroxylamine groups is 2. The zero-order valence-electron chi connectivity index (χ0n) is 8.48. The lowest BCUT2D eigenvalue weighted by atomic mass is 9.79. The average molecular weight is 263 g/mol. The van der Waals surface area contributed by atoms with Gasteiger partial charge in [0.15, 0.2) is 0 Å². The summed E-state index contributed by atoms with van der Waals surface area (Å²) in [6, 6.07) is 0. The molecule has 2 nitrogen and oxygen atoms in total. The molecule has 0 rings (SSSR count). The second kappa shape index (κ2) is 8.00. The summed E-state index contributed by atoms with van der Waals surface area (Å²) in [5.74, 6) is 1.71. The number of hydrogen-bond acceptors (Lipinski definition) is 2. The van der Waals surface area contributed by atoms with Crippen molar-refractivity contribution in [1.29, 1.82) is 0 Å². The van der Waals surface area contributed by atoms with Gasteiger partial charge in [0.2, 0.25) is 0 Å². The maximum absolute atomic E-state index is 9.27. The third-order valence-electron chi connectivity index (χ3n) is 2.44. The normalized spacial score (nSPS) is 12.4. The van der Waals surface area contributed by atoms with Crippen molar-refractivity contribution in [1.82, 2.24) is 5.06 Å². The Labute approximate surface area is 101 Å². The van der Waals surface area contributed by atoms with Gasteiger partial charge in [-0.1, -0.05) is 0 Å². The summed E-state index contributed by atoms with van der Waals surface area (Å²) >= 11 is 17.3. The van der Waals surface area contributed by atoms with E-state index in [1.807, 2.05) is 0 Å². The quantitative estimate of drug-likeness (QED) is 0.536. The van der Waals surface area contributed by atoms with Gasteiger partial charge in [0.05, 0.1) is 0 Å². The van der Waals surface area contributed by atoms with Crippen molar-refractivity contribution >= 4 is 34.8 Å². The van der Waals surface area contributed by atoms with Gasteiger partial charge >= 0.3 is 0 Å². The van der Waals surface area contributed by atoms with Gasteiger partial charge in [-0.25, -0.2) is 0 Å². The second-order valence-corrected chi connectivity index (χ2v) is 4.77. The first kappa shape index (κ1) is 14.8. The molecule has 0 aliphatic carbocycles. The van der Waals surface area contributed by atoms with Crippen molar-refractivity contribution in [2.75, 3.05) is 31.2 Å². The van der Waals surface area contributed by atoms with Crippen molar-refractivity contribution in [3.63, 3.8) is 0 Å². The van der Waals surface area contributed by atoms with Crippen molar-refractivity contribution in [2.45, 2.75) is 19.3 Å². The molecular weight excluding hydrogens is 244 g/mol. The molecule has 0 aromatic rings. The van der Waals surface area contributed by atoms with Gasteiger partial charge < -0.3 is 5.21 Å². The molecule has 5 heteroatoms. The molecule has 0 aromatic heterocycles. The Bertz CT molecular complexity index is 127. The molecule has 0 saturated carbocycles. The number of alkyl halides is 3. The van der Waals surface area contributed by atoms with E-state index in [0.717, 1.165) is 19.3 Å². The third kappa shape index (κ3) is 5.62. The van der Waals surface area contributed by atoms with E-state index in [4.69, 9.17) is 34.8 Å². The van der Waals surface area contributed by atoms with Gasteiger partial charge in [0.1, 0.15) is 0 Å². The molecule has 0 heterocycles. The van der Waals surface area contributed by atoms with Crippen LogP contribution in [0.5, 0.6) is 0 Å². The molecule has 0 fully saturated rings. The van der Waals surface area contributed by atoms with Crippen molar-refractivity contribution in [3.05, 3.63) is 0 Å². The predicted octanol–water partition coefficient (Wildman–Crippen LogP) is 3.18. The molecular formula is C9H18Cl3NO. The molecule has 86 valence electrons. The van der Waals surface area contributed by atoms with Gasteiger partial charge in [-0.05, 0) is 24.7 Å². The van der Waals surface area contributed by atoms with E-state index in [0.29, 0.717) is 24.2 Å². The van der Waals surface area contributed by atoms with E-state index < -0.39 is 0 Å². The Kier molecular flexibility index (Phi) is 8.45. The first-order valence-electron chi connectivity index (χ1n) is 4.68. The largest absolute Gasteiger partial charge is 0.314 e. The standard InChI is InChI=1S/C9H18Cl3NO/c1-13(14)8-9(2-5-10,3-6-11)4-7-12/h14H,2-8H2,1H3. The van der Waals surface area contributed by atoms with Crippen LogP contribution in [-0.4, -0.2) is 41.5 Å². The maximum Gasteiger partial charge on any atom is 0.0292 e. The minimum atomic E-state index is -0.0469. The van der Waals surface area contributed by atoms with Gasteiger partial charge in [0, 0.05) is 31.2 Å². The van der Waals surface area contributed by atoms with Gasteiger partial charge in [-0.2, -0.15) is 5.06 Å². The van der Waals surface area contributed by atoms with Crippen molar-refractivity contribution in [3.8, 4) is 0 Å². The monoisotopic (exact) mass is 261 g/mol. The summed E-state index contributed by atoms with van der Waals surface area (Å²) in [7, 11) is 1.63. The van der Waals surface area contributed by atoms with Crippen LogP contribution >= 0.6 is 34.8 Å². The maximum atomic E-state index is 9.27. The number of hydrogen-bond donors (Lipinski definition) is 1. The topological polar surface area (TPSA) is 23.5 Å². The minimum absolute atomic E-state index is 0.0469. The summed E-state index contributed by atoms with van der Waals surface area (Å²) in [5, 5.41) is 10.5. The molecule has 0 atom stereocenters. The highest BCUT2D eigenvalue weighted by molar-refractivity contribution is 6.18. The Hall–Kier alpha value is 0.790. The van der Waals surface area contributed by atoms with Crippen LogP contribution in [-0.2, 0) is 0 Å². The number of rotatable bonds is 8. The van der Waals surface area contributed by atoms with Gasteiger partial charge in [0.25, 0.3) is 0 Å². The summed E-state index contributed by atoms with van der Waals surface area (Å²) in [5.41, 5.74) is -0.0469. The highest BCUT2D eigenvalue weighted by Crippen LogP contribution is 2.33. The molecule has 0 aliphatic heterocycles. The molecule has 0 spiro atoms. The molecule has 0 amide bonds. The van der Waals surface area contributed by atoms with Gasteiger partial charge in [-0.3, -0.25) is 0 Å². The lowest BCUT2D eigenvalue weighted by Gasteiger charge is -2.34. The predicted molar refractivity (Wildman–Crippen MR) is 62.9 cm³/mol. The van der Waals surface area contributed by atoms with Crippen LogP contribution in [0.15, 0.2) is 0 Å². The van der Waals surface area contributed by atoms with E-state index in [1.165, 1.54) is 5.06 Å². The Balaban J connectivity index is 4.37. The Morgan fingerprint density at radius 2 is 1.36 bits per heavy atom. The van der Waals surface area contributed by atoms with Crippen LogP contribution in [0.25, 0.3) is 0 Å². The Morgan fingerprint density at radius 1 is 1.00 bits per heavy atom. The summed E-state index contributed by atoms with van der Waals surface area (Å²) in [6.45, 7) is 0.569. The first-order chi connectivity index (χ1) is 6.60. The lowest BCUT2D eigenvalue weighted by molar-refractivity contribution is -0.0959. The van der Waals surface area contributed by atoms with E-state index in [2.05, 4.69) is 0 Å². The van der Waals surface area contributed by atoms with Crippen LogP contribution in [0.3, 0.4) is 0 Å². The van der Waals surface area contributed by atoms with Crippen molar-refractivity contribution in [2.24, 2.45) is 5.41 Å². The zero-order valence-corrected chi connectivity index (χ0v) is 10.7. The molecule has 0 radical (unpaired) electrons. The lowest BCUT2D eigenvalue weighted by Crippen LogP contribution is -2.35. The Morgan fingerprint density at radius 3 is 1.57 bits per heavy atom. The number of nitrogens with zero attached hydrogens (tertiary/aromatic N) is 1. The highest BCUT2D eigenvalue weighted by atomic mass is 35.5. The molecule has 1 N–H and O–H groups in total. The van der Waals surface area contributed by atoms with Crippen LogP contribution < -0.4 is 0 Å². The fourth-order valence-electron chi connectivity index (χ4n) is 1.70. The summed E-state index contributed by atoms with van der Waals surface area (Å²) < 4.78 is 0. The van der Waals surface area contributed by atoms with Crippen LogP contribution in [0.2, 0.25) is 0 Å². The zero-order chi connectivity index (χ0) is 11.0. The van der Waals surface area contributed by atoms with Gasteiger partial charge in [-0.15, -0.1) is 34.8 Å². The minimum Gasteiger partial charge on any atom is -0.314 e. The molecule has 0 unspecified atom stereocenters. The highest BCUT2D eigenvalue weighted by Gasteiger charge is 2.29. The van der Waals surface area contributed by atoms with Crippen LogP contribution in [0, 0.1) is 5.41 Å². The van der Waals surface area contributed by atoms with E-state index in [-0.39, 0.29) is 5.41 Å². The smallest absolute Gasteiger partial charge is 0.0292 e. The number of halogens is 3. The van der Waals surface area contributed by atoms with Crippen molar-refractivity contribution < 1.29 is 5.21 Å². The van der Waals surface area contributed by atoms with E-state index in [9.17, 15) is 5.21 Å². The average Bonchev–Trinajstić information content (AvgIpc) is 2.03. The second-order valence-electron chi connectivity index (χ2n) is 3.63. The first-order valence-corrected chi connectivity index (χ1v) is 6.28. The fourth-order valence-corrected chi connectivity index (χ4v) is 2.90. The summed E-state index contributed by atoms with van der Waals surface area (Å²) in [4.78, 5) is 0. The molecule has 14 heavy (non-hydrogen) atoms. The molecule has 0 bridgehead atoms. The molecule has 0 aromatic carbocycles. The van der Waals surface area contributed by atoms with E-state index >= 15 is 0 Å². The summed E-state index contributed by atoms with van der Waals surface area (Å²) in [6.07, 6.45) is 2.50. The van der Waals surface area contributed by atoms with Crippen LogP contribution in [0.4, 0.5) is 0 Å². The molecule has 0 aliphatic rings. The fraction of sp³-hybridized carbons (Fsp3) is 1.00. The van der Waals surface area contributed by atoms with E-state index in [1.54, 1.807) is 7.05 Å².